The fourth-order valence-corrected chi connectivity index (χ4v) is 3.73. The fourth-order valence-electron chi connectivity index (χ4n) is 3.11. The predicted octanol–water partition coefficient (Wildman–Crippen LogP) is 4.21. The summed E-state index contributed by atoms with van der Waals surface area (Å²) >= 11 is 1.42. The van der Waals surface area contributed by atoms with Crippen LogP contribution in [0, 0.1) is 5.92 Å². The van der Waals surface area contributed by atoms with Crippen LogP contribution in [-0.4, -0.2) is 36.9 Å². The molecule has 2 aromatic rings. The van der Waals surface area contributed by atoms with E-state index in [0.717, 1.165) is 29.8 Å². The van der Waals surface area contributed by atoms with Crippen molar-refractivity contribution in [3.05, 3.63) is 46.2 Å². The van der Waals surface area contributed by atoms with Crippen molar-refractivity contribution in [1.29, 1.82) is 0 Å². The fraction of sp³-hybridized carbons (Fsp3) is 0.429. The molecule has 1 aliphatic rings. The van der Waals surface area contributed by atoms with Gasteiger partial charge in [0.2, 0.25) is 5.91 Å². The molecule has 6 heteroatoms. The maximum Gasteiger partial charge on any atom is 0.265 e. The van der Waals surface area contributed by atoms with Crippen LogP contribution in [0.4, 0.5) is 11.4 Å². The summed E-state index contributed by atoms with van der Waals surface area (Å²) in [4.78, 5) is 29.8. The van der Waals surface area contributed by atoms with Gasteiger partial charge in [0.1, 0.15) is 0 Å². The van der Waals surface area contributed by atoms with Gasteiger partial charge in [0.15, 0.2) is 0 Å². The number of carbonyl (C=O) groups excluding carboxylic acids is 2. The van der Waals surface area contributed by atoms with Crippen molar-refractivity contribution in [2.24, 2.45) is 5.92 Å². The number of thiophene rings is 1. The summed E-state index contributed by atoms with van der Waals surface area (Å²) in [6.07, 6.45) is 2.15. The van der Waals surface area contributed by atoms with E-state index in [1.54, 1.807) is 0 Å². The van der Waals surface area contributed by atoms with Gasteiger partial charge < -0.3 is 15.1 Å². The lowest BCUT2D eigenvalue weighted by atomic mass is 10.1. The summed E-state index contributed by atoms with van der Waals surface area (Å²) in [5.74, 6) is 0.0659. The predicted molar refractivity (Wildman–Crippen MR) is 111 cm³/mol. The van der Waals surface area contributed by atoms with E-state index < -0.39 is 0 Å². The number of amides is 2. The Morgan fingerprint density at radius 3 is 2.52 bits per heavy atom. The van der Waals surface area contributed by atoms with Crippen molar-refractivity contribution in [3.63, 3.8) is 0 Å². The van der Waals surface area contributed by atoms with Crippen molar-refractivity contribution >= 4 is 34.5 Å². The van der Waals surface area contributed by atoms with Crippen LogP contribution in [0.15, 0.2) is 35.7 Å². The number of hydrogen-bond donors (Lipinski definition) is 1. The Balaban J connectivity index is 1.85. The molecule has 0 aliphatic heterocycles. The van der Waals surface area contributed by atoms with Crippen LogP contribution < -0.4 is 10.2 Å². The molecule has 27 heavy (non-hydrogen) atoms. The van der Waals surface area contributed by atoms with Crippen LogP contribution >= 0.6 is 11.3 Å². The third kappa shape index (κ3) is 4.69. The second-order valence-electron chi connectivity index (χ2n) is 7.52. The van der Waals surface area contributed by atoms with E-state index in [4.69, 9.17) is 0 Å². The second-order valence-corrected chi connectivity index (χ2v) is 8.47. The molecule has 0 spiro atoms. The lowest BCUT2D eigenvalue weighted by molar-refractivity contribution is -0.135. The third-order valence-electron chi connectivity index (χ3n) is 4.67. The van der Waals surface area contributed by atoms with Crippen LogP contribution in [0.25, 0.3) is 0 Å². The number of rotatable bonds is 7. The van der Waals surface area contributed by atoms with Crippen LogP contribution in [0.2, 0.25) is 0 Å². The Morgan fingerprint density at radius 1 is 1.22 bits per heavy atom. The average Bonchev–Trinajstić information content (AvgIpc) is 3.31. The Labute approximate surface area is 165 Å². The summed E-state index contributed by atoms with van der Waals surface area (Å²) in [6.45, 7) is 4.46. The molecule has 1 aliphatic carbocycles. The summed E-state index contributed by atoms with van der Waals surface area (Å²) < 4.78 is 0. The minimum Gasteiger partial charge on any atom is -0.377 e. The van der Waals surface area contributed by atoms with Gasteiger partial charge in [0.25, 0.3) is 5.91 Å². The average molecular weight is 386 g/mol. The number of nitrogens with one attached hydrogen (secondary N) is 1. The quantitative estimate of drug-likeness (QED) is 0.777. The number of hydrogen-bond acceptors (Lipinski definition) is 4. The molecule has 0 saturated heterocycles. The lowest BCUT2D eigenvalue weighted by Crippen LogP contribution is -2.36. The van der Waals surface area contributed by atoms with Crippen molar-refractivity contribution in [2.75, 3.05) is 24.3 Å². The Bertz CT molecular complexity index is 811. The summed E-state index contributed by atoms with van der Waals surface area (Å²) in [7, 11) is 3.99. The third-order valence-corrected chi connectivity index (χ3v) is 5.54. The van der Waals surface area contributed by atoms with E-state index in [1.807, 2.05) is 73.5 Å². The lowest BCUT2D eigenvalue weighted by Gasteiger charge is -2.27. The van der Waals surface area contributed by atoms with Crippen molar-refractivity contribution < 1.29 is 9.59 Å². The van der Waals surface area contributed by atoms with Gasteiger partial charge in [-0.2, -0.15) is 0 Å². The number of carbonyl (C=O) groups is 2. The summed E-state index contributed by atoms with van der Waals surface area (Å²) in [5.41, 5.74) is 2.86. The normalized spacial score (nSPS) is 13.5. The molecule has 2 amide bonds. The number of nitrogens with zero attached hydrogens (tertiary/aromatic N) is 2. The van der Waals surface area contributed by atoms with E-state index in [-0.39, 0.29) is 17.7 Å². The van der Waals surface area contributed by atoms with Gasteiger partial charge in [0.05, 0.1) is 4.88 Å². The van der Waals surface area contributed by atoms with E-state index in [9.17, 15) is 9.59 Å². The maximum absolute atomic E-state index is 12.7. The molecule has 3 rings (SSSR count). The molecule has 1 saturated carbocycles. The van der Waals surface area contributed by atoms with E-state index in [0.29, 0.717) is 17.5 Å². The van der Waals surface area contributed by atoms with Crippen LogP contribution in [0.3, 0.4) is 0 Å². The minimum atomic E-state index is -0.106. The molecule has 0 unspecified atom stereocenters. The highest BCUT2D eigenvalue weighted by Crippen LogP contribution is 2.32. The zero-order valence-corrected chi connectivity index (χ0v) is 17.2. The molecular weight excluding hydrogens is 358 g/mol. The van der Waals surface area contributed by atoms with E-state index >= 15 is 0 Å². The zero-order chi connectivity index (χ0) is 19.6. The molecule has 0 bridgehead atoms. The molecule has 1 aromatic heterocycles. The van der Waals surface area contributed by atoms with Crippen molar-refractivity contribution in [2.45, 2.75) is 39.3 Å². The van der Waals surface area contributed by atoms with Crippen molar-refractivity contribution in [1.82, 2.24) is 4.90 Å². The topological polar surface area (TPSA) is 52.7 Å². The Kier molecular flexibility index (Phi) is 5.85. The minimum absolute atomic E-state index is 0.0184. The maximum atomic E-state index is 12.7. The first kappa shape index (κ1) is 19.4. The Morgan fingerprint density at radius 2 is 1.96 bits per heavy atom. The van der Waals surface area contributed by atoms with Gasteiger partial charge in [-0.05, 0) is 48.1 Å². The largest absolute Gasteiger partial charge is 0.377 e. The van der Waals surface area contributed by atoms with Gasteiger partial charge in [-0.15, -0.1) is 11.3 Å². The monoisotopic (exact) mass is 385 g/mol. The summed E-state index contributed by atoms with van der Waals surface area (Å²) in [5, 5.41) is 4.86. The zero-order valence-electron chi connectivity index (χ0n) is 16.4. The van der Waals surface area contributed by atoms with Crippen LogP contribution in [0.1, 0.15) is 41.9 Å². The van der Waals surface area contributed by atoms with E-state index in [1.165, 1.54) is 11.3 Å². The van der Waals surface area contributed by atoms with Gasteiger partial charge in [-0.3, -0.25) is 9.59 Å². The highest BCUT2D eigenvalue weighted by Gasteiger charge is 2.34. The first-order valence-corrected chi connectivity index (χ1v) is 10.2. The Hall–Kier alpha value is -2.34. The molecule has 1 N–H and O–H groups in total. The van der Waals surface area contributed by atoms with Gasteiger partial charge in [0, 0.05) is 44.0 Å². The van der Waals surface area contributed by atoms with Crippen molar-refractivity contribution in [3.8, 4) is 0 Å². The van der Waals surface area contributed by atoms with Gasteiger partial charge in [-0.25, -0.2) is 0 Å². The van der Waals surface area contributed by atoms with Gasteiger partial charge in [-0.1, -0.05) is 19.9 Å². The number of benzene rings is 1. The summed E-state index contributed by atoms with van der Waals surface area (Å²) in [6, 6.07) is 9.93. The molecule has 0 atom stereocenters. The van der Waals surface area contributed by atoms with Crippen LogP contribution in [0.5, 0.6) is 0 Å². The molecule has 1 heterocycles. The molecular formula is C21H27N3O2S. The second kappa shape index (κ2) is 8.13. The van der Waals surface area contributed by atoms with Crippen LogP contribution in [-0.2, 0) is 11.3 Å². The highest BCUT2D eigenvalue weighted by atomic mass is 32.1. The van der Waals surface area contributed by atoms with Gasteiger partial charge >= 0.3 is 0 Å². The molecule has 5 nitrogen and oxygen atoms in total. The standard InChI is InChI=1S/C21H27N3O2S/c1-14(2)21(26)24(17-8-9-17)13-15-12-16(7-10-18(15)23(3)4)22-20(25)19-6-5-11-27-19/h5-7,10-12,14,17H,8-9,13H2,1-4H3,(H,22,25). The first-order valence-electron chi connectivity index (χ1n) is 9.32. The smallest absolute Gasteiger partial charge is 0.265 e. The molecule has 1 fully saturated rings. The van der Waals surface area contributed by atoms with E-state index in [2.05, 4.69) is 5.32 Å². The molecule has 144 valence electrons. The highest BCUT2D eigenvalue weighted by molar-refractivity contribution is 7.12. The SMILES string of the molecule is CC(C)C(=O)N(Cc1cc(NC(=O)c2cccs2)ccc1N(C)C)C1CC1. The molecule has 1 aromatic carbocycles. The molecule has 0 radical (unpaired) electrons. The number of anilines is 2. The first-order chi connectivity index (χ1) is 12.9.